The minimum atomic E-state index is -4.59. The number of alkyl halides is 3. The van der Waals surface area contributed by atoms with Crippen LogP contribution in [-0.4, -0.2) is 62.9 Å². The molecule has 3 rings (SSSR count). The summed E-state index contributed by atoms with van der Waals surface area (Å²) in [4.78, 5) is 26.2. The molecule has 3 aromatic rings. The van der Waals surface area contributed by atoms with E-state index in [0.717, 1.165) is 29.7 Å². The second-order valence-electron chi connectivity index (χ2n) is 11.5. The summed E-state index contributed by atoms with van der Waals surface area (Å²) >= 11 is 0. The molecule has 0 aliphatic heterocycles. The van der Waals surface area contributed by atoms with E-state index in [1.54, 1.807) is 30.3 Å². The summed E-state index contributed by atoms with van der Waals surface area (Å²) in [5, 5.41) is 5.27. The highest BCUT2D eigenvalue weighted by atomic mass is 32.2. The van der Waals surface area contributed by atoms with E-state index in [2.05, 4.69) is 10.6 Å². The predicted molar refractivity (Wildman–Crippen MR) is 173 cm³/mol. The summed E-state index contributed by atoms with van der Waals surface area (Å²) in [5.74, 6) is -4.95. The average Bonchev–Trinajstić information content (AvgIpc) is 3.02. The van der Waals surface area contributed by atoms with Crippen molar-refractivity contribution in [2.45, 2.75) is 70.1 Å². The number of hydrogen-bond donors (Lipinski definition) is 3. The number of aryl methyl sites for hydroxylation is 1. The number of hydrogen-bond acceptors (Lipinski definition) is 8. The average molecular weight is 714 g/mol. The number of nitrogens with two attached hydrogens (primary N) is 1. The van der Waals surface area contributed by atoms with Crippen molar-refractivity contribution in [1.82, 2.24) is 10.6 Å². The van der Waals surface area contributed by atoms with E-state index < -0.39 is 82.2 Å². The first-order valence-electron chi connectivity index (χ1n) is 15.6. The highest BCUT2D eigenvalue weighted by molar-refractivity contribution is 7.91. The largest absolute Gasteiger partial charge is 0.458 e. The smallest absolute Gasteiger partial charge is 0.408 e. The molecule has 0 aromatic heterocycles. The van der Waals surface area contributed by atoms with E-state index in [1.807, 2.05) is 31.2 Å². The topological polar surface area (TPSA) is 137 Å². The van der Waals surface area contributed by atoms with E-state index in [9.17, 15) is 40.0 Å². The number of carbonyl (C=O) groups is 2. The molecule has 49 heavy (non-hydrogen) atoms. The maximum atomic E-state index is 13.9. The maximum absolute atomic E-state index is 13.9. The summed E-state index contributed by atoms with van der Waals surface area (Å²) in [6, 6.07) is 16.0. The Morgan fingerprint density at radius 3 is 2.20 bits per heavy atom. The Balaban J connectivity index is 1.80. The summed E-state index contributed by atoms with van der Waals surface area (Å²) in [6.07, 6.45) is -8.47. The van der Waals surface area contributed by atoms with Gasteiger partial charge in [-0.25, -0.2) is 26.8 Å². The second kappa shape index (κ2) is 18.6. The number of rotatable bonds is 18. The third-order valence-electron chi connectivity index (χ3n) is 7.34. The van der Waals surface area contributed by atoms with Gasteiger partial charge in [-0.15, -0.1) is 0 Å². The summed E-state index contributed by atoms with van der Waals surface area (Å²) < 4.78 is 102. The Kier molecular flexibility index (Phi) is 15.0. The first-order valence-corrected chi connectivity index (χ1v) is 17.4. The summed E-state index contributed by atoms with van der Waals surface area (Å²) in [6.45, 7) is 1.98. The van der Waals surface area contributed by atoms with Gasteiger partial charge in [0.1, 0.15) is 30.4 Å². The van der Waals surface area contributed by atoms with Gasteiger partial charge in [0.15, 0.2) is 9.84 Å². The fraction of sp³-hybridized carbons (Fsp3) is 0.412. The number of amides is 1. The summed E-state index contributed by atoms with van der Waals surface area (Å²) in [5.41, 5.74) is 9.10. The van der Waals surface area contributed by atoms with Crippen molar-refractivity contribution in [2.24, 2.45) is 5.73 Å². The number of benzene rings is 3. The third-order valence-corrected chi connectivity index (χ3v) is 9.09. The lowest BCUT2D eigenvalue weighted by Crippen LogP contribution is -2.52. The fourth-order valence-corrected chi connectivity index (χ4v) is 6.35. The van der Waals surface area contributed by atoms with Crippen LogP contribution in [0.2, 0.25) is 0 Å². The number of nitrogens with one attached hydrogen (secondary N) is 2. The first kappa shape index (κ1) is 39.4. The van der Waals surface area contributed by atoms with Crippen molar-refractivity contribution in [2.75, 3.05) is 18.1 Å². The normalized spacial score (nSPS) is 13.7. The van der Waals surface area contributed by atoms with Crippen LogP contribution in [0, 0.1) is 11.6 Å². The maximum Gasteiger partial charge on any atom is 0.408 e. The van der Waals surface area contributed by atoms with Crippen LogP contribution in [0.1, 0.15) is 42.0 Å². The van der Waals surface area contributed by atoms with E-state index in [1.165, 1.54) is 0 Å². The van der Waals surface area contributed by atoms with Crippen molar-refractivity contribution in [1.29, 1.82) is 0 Å². The minimum absolute atomic E-state index is 0.0927. The van der Waals surface area contributed by atoms with Crippen LogP contribution in [0.4, 0.5) is 26.7 Å². The zero-order chi connectivity index (χ0) is 36.0. The Morgan fingerprint density at radius 2 is 1.55 bits per heavy atom. The van der Waals surface area contributed by atoms with Gasteiger partial charge >= 0.3 is 18.2 Å². The molecule has 4 N–H and O–H groups in total. The van der Waals surface area contributed by atoms with Gasteiger partial charge < -0.3 is 25.8 Å². The zero-order valence-corrected chi connectivity index (χ0v) is 27.7. The second-order valence-corrected chi connectivity index (χ2v) is 13.7. The predicted octanol–water partition coefficient (Wildman–Crippen LogP) is 5.15. The van der Waals surface area contributed by atoms with E-state index in [-0.39, 0.29) is 25.1 Å². The van der Waals surface area contributed by atoms with Crippen LogP contribution in [0.15, 0.2) is 72.8 Å². The van der Waals surface area contributed by atoms with Crippen LogP contribution in [-0.2, 0) is 50.1 Å². The van der Waals surface area contributed by atoms with Crippen molar-refractivity contribution in [3.63, 3.8) is 0 Å². The van der Waals surface area contributed by atoms with Crippen LogP contribution < -0.4 is 16.4 Å². The van der Waals surface area contributed by atoms with Crippen LogP contribution >= 0.6 is 0 Å². The molecule has 0 fully saturated rings. The first-order chi connectivity index (χ1) is 23.1. The molecule has 0 radical (unpaired) electrons. The lowest BCUT2D eigenvalue weighted by Gasteiger charge is -2.27. The standard InChI is InChI=1S/C34H40F5N3O6S/c1-2-23-10-6-11-25(14-23)19-41-20-31(29(40)17-26-15-27(35)18-28(36)16-26)48-32(43)30(22-49(45,46)13-7-12-34(37,38)39)42-33(44)47-21-24-8-4-3-5-9-24/h3-6,8-11,14-16,18,29-31,41H,2,7,12-13,17,19-22,40H2,1H3,(H,42,44)/t29-,30+,31+/m0/s1. The monoisotopic (exact) mass is 713 g/mol. The lowest BCUT2D eigenvalue weighted by molar-refractivity contribution is -0.151. The van der Waals surface area contributed by atoms with Crippen molar-refractivity contribution < 1.29 is 49.4 Å². The van der Waals surface area contributed by atoms with Gasteiger partial charge in [-0.05, 0) is 53.6 Å². The number of esters is 1. The number of sulfone groups is 1. The molecule has 1 amide bonds. The summed E-state index contributed by atoms with van der Waals surface area (Å²) in [7, 11) is -4.34. The van der Waals surface area contributed by atoms with Gasteiger partial charge in [0.05, 0.1) is 11.5 Å². The minimum Gasteiger partial charge on any atom is -0.458 e. The highest BCUT2D eigenvalue weighted by Crippen LogP contribution is 2.22. The highest BCUT2D eigenvalue weighted by Gasteiger charge is 2.34. The Morgan fingerprint density at radius 1 is 0.898 bits per heavy atom. The van der Waals surface area contributed by atoms with Crippen molar-refractivity contribution in [3.05, 3.63) is 107 Å². The Labute approximate surface area is 282 Å². The molecular formula is C34H40F5N3O6S. The lowest BCUT2D eigenvalue weighted by atomic mass is 10.0. The number of alkyl carbamates (subject to hydrolysis) is 1. The van der Waals surface area contributed by atoms with Gasteiger partial charge in [-0.2, -0.15) is 13.2 Å². The van der Waals surface area contributed by atoms with E-state index >= 15 is 0 Å². The van der Waals surface area contributed by atoms with Crippen LogP contribution in [0.3, 0.4) is 0 Å². The molecule has 0 heterocycles. The molecule has 0 aliphatic rings. The molecule has 0 saturated heterocycles. The van der Waals surface area contributed by atoms with Gasteiger partial charge in [0.2, 0.25) is 0 Å². The number of carbonyl (C=O) groups excluding carboxylic acids is 2. The third kappa shape index (κ3) is 14.9. The molecular weight excluding hydrogens is 673 g/mol. The molecule has 3 atom stereocenters. The van der Waals surface area contributed by atoms with Crippen molar-refractivity contribution >= 4 is 21.9 Å². The van der Waals surface area contributed by atoms with E-state index in [4.69, 9.17) is 15.2 Å². The molecule has 0 unspecified atom stereocenters. The molecule has 3 aromatic carbocycles. The molecule has 0 aliphatic carbocycles. The molecule has 15 heteroatoms. The fourth-order valence-electron chi connectivity index (χ4n) is 4.87. The zero-order valence-electron chi connectivity index (χ0n) is 26.8. The van der Waals surface area contributed by atoms with Gasteiger partial charge in [-0.1, -0.05) is 61.5 Å². The van der Waals surface area contributed by atoms with Crippen molar-refractivity contribution in [3.8, 4) is 0 Å². The van der Waals surface area contributed by atoms with Gasteiger partial charge in [-0.3, -0.25) is 0 Å². The number of halogens is 5. The SMILES string of the molecule is CCc1cccc(CNC[C@@H](OC(=O)[C@@H](CS(=O)(=O)CCCC(F)(F)F)NC(=O)OCc2ccccc2)[C@@H](N)Cc2cc(F)cc(F)c2)c1. The quantitative estimate of drug-likeness (QED) is 0.122. The molecule has 0 spiro atoms. The van der Waals surface area contributed by atoms with Gasteiger partial charge in [0, 0.05) is 31.6 Å². The molecule has 0 saturated carbocycles. The Hall–Kier alpha value is -4.08. The molecule has 9 nitrogen and oxygen atoms in total. The van der Waals surface area contributed by atoms with Crippen LogP contribution in [0.5, 0.6) is 0 Å². The number of ether oxygens (including phenoxy) is 2. The van der Waals surface area contributed by atoms with E-state index in [0.29, 0.717) is 18.2 Å². The van der Waals surface area contributed by atoms with Gasteiger partial charge in [0.25, 0.3) is 0 Å². The molecule has 268 valence electrons. The molecule has 0 bridgehead atoms. The van der Waals surface area contributed by atoms with Crippen LogP contribution in [0.25, 0.3) is 0 Å². The Bertz CT molecular complexity index is 1610.